The molecule has 2 rings (SSSR count). The van der Waals surface area contributed by atoms with E-state index in [1.165, 1.54) is 0 Å². The third-order valence-corrected chi connectivity index (χ3v) is 2.40. The van der Waals surface area contributed by atoms with Crippen molar-refractivity contribution in [1.29, 1.82) is 0 Å². The Morgan fingerprint density at radius 2 is 2.14 bits per heavy atom. The van der Waals surface area contributed by atoms with Gasteiger partial charge in [0.1, 0.15) is 0 Å². The second-order valence-corrected chi connectivity index (χ2v) is 3.50. The molecule has 0 bridgehead atoms. The first-order valence-electron chi connectivity index (χ1n) is 4.87. The van der Waals surface area contributed by atoms with E-state index in [-0.39, 0.29) is 5.78 Å². The predicted octanol–water partition coefficient (Wildman–Crippen LogP) is 0.732. The van der Waals surface area contributed by atoms with Crippen molar-refractivity contribution in [1.82, 2.24) is 10.2 Å². The third-order valence-electron chi connectivity index (χ3n) is 2.40. The molecule has 1 fully saturated rings. The number of Topliss-reactive ketones (excluding diaryl/α,β-unsaturated/α-hetero) is 1. The van der Waals surface area contributed by atoms with Gasteiger partial charge < -0.3 is 5.32 Å². The summed E-state index contributed by atoms with van der Waals surface area (Å²) in [5.74, 6) is 0.203. The zero-order chi connectivity index (χ0) is 9.80. The molecule has 1 aromatic rings. The summed E-state index contributed by atoms with van der Waals surface area (Å²) in [4.78, 5) is 13.9. The summed E-state index contributed by atoms with van der Waals surface area (Å²) in [6.45, 7) is 3.32. The van der Waals surface area contributed by atoms with E-state index in [0.29, 0.717) is 6.54 Å². The quantitative estimate of drug-likeness (QED) is 0.713. The van der Waals surface area contributed by atoms with Crippen LogP contribution in [0.3, 0.4) is 0 Å². The van der Waals surface area contributed by atoms with Crippen molar-refractivity contribution in [2.45, 2.75) is 0 Å². The van der Waals surface area contributed by atoms with Crippen LogP contribution in [0, 0.1) is 0 Å². The molecule has 0 saturated carbocycles. The van der Waals surface area contributed by atoms with Crippen molar-refractivity contribution in [2.24, 2.45) is 0 Å². The van der Waals surface area contributed by atoms with Gasteiger partial charge in [-0.2, -0.15) is 0 Å². The highest BCUT2D eigenvalue weighted by molar-refractivity contribution is 5.97. The molecule has 1 aliphatic rings. The maximum absolute atomic E-state index is 11.7. The Labute approximate surface area is 83.7 Å². The van der Waals surface area contributed by atoms with Crippen LogP contribution in [-0.4, -0.2) is 37.0 Å². The van der Waals surface area contributed by atoms with E-state index in [9.17, 15) is 4.79 Å². The smallest absolute Gasteiger partial charge is 0.176 e. The van der Waals surface area contributed by atoms with Crippen molar-refractivity contribution >= 4 is 5.78 Å². The second kappa shape index (κ2) is 4.35. The number of carbonyl (C=O) groups excluding carboxylic acids is 1. The first kappa shape index (κ1) is 9.37. The second-order valence-electron chi connectivity index (χ2n) is 3.50. The largest absolute Gasteiger partial charge is 0.303 e. The molecule has 3 nitrogen and oxygen atoms in total. The molecule has 0 amide bonds. The monoisotopic (exact) mass is 190 g/mol. The zero-order valence-electron chi connectivity index (χ0n) is 8.07. The Balaban J connectivity index is 1.95. The molecule has 1 aromatic carbocycles. The van der Waals surface area contributed by atoms with Gasteiger partial charge >= 0.3 is 0 Å². The first-order chi connectivity index (χ1) is 6.86. The number of nitrogens with zero attached hydrogens (tertiary/aromatic N) is 1. The van der Waals surface area contributed by atoms with Crippen molar-refractivity contribution in [3.63, 3.8) is 0 Å². The minimum absolute atomic E-state index is 0.203. The summed E-state index contributed by atoms with van der Waals surface area (Å²) in [5.41, 5.74) is 0.805. The lowest BCUT2D eigenvalue weighted by molar-refractivity contribution is 0.0944. The van der Waals surface area contributed by atoms with Gasteiger partial charge in [-0.3, -0.25) is 9.69 Å². The van der Waals surface area contributed by atoms with Crippen molar-refractivity contribution < 1.29 is 4.79 Å². The van der Waals surface area contributed by atoms with Gasteiger partial charge in [0.05, 0.1) is 6.54 Å². The van der Waals surface area contributed by atoms with Crippen LogP contribution in [0.1, 0.15) is 10.4 Å². The molecule has 0 unspecified atom stereocenters. The number of carbonyl (C=O) groups is 1. The molecule has 0 radical (unpaired) electrons. The Kier molecular flexibility index (Phi) is 2.91. The SMILES string of the molecule is O=C(CN1CCNC1)c1ccccc1. The molecule has 14 heavy (non-hydrogen) atoms. The van der Waals surface area contributed by atoms with E-state index in [1.54, 1.807) is 0 Å². The molecular weight excluding hydrogens is 176 g/mol. The summed E-state index contributed by atoms with van der Waals surface area (Å²) in [6.07, 6.45) is 0. The van der Waals surface area contributed by atoms with E-state index in [4.69, 9.17) is 0 Å². The lowest BCUT2D eigenvalue weighted by Gasteiger charge is -2.11. The van der Waals surface area contributed by atoms with Crippen LogP contribution >= 0.6 is 0 Å². The minimum Gasteiger partial charge on any atom is -0.303 e. The summed E-state index contributed by atoms with van der Waals surface area (Å²) in [5, 5.41) is 3.20. The maximum Gasteiger partial charge on any atom is 0.176 e. The van der Waals surface area contributed by atoms with E-state index >= 15 is 0 Å². The Hall–Kier alpha value is -1.19. The molecule has 0 aromatic heterocycles. The number of hydrogen-bond acceptors (Lipinski definition) is 3. The molecule has 74 valence electrons. The Morgan fingerprint density at radius 3 is 2.79 bits per heavy atom. The van der Waals surface area contributed by atoms with Gasteiger partial charge in [-0.25, -0.2) is 0 Å². The molecular formula is C11H14N2O. The van der Waals surface area contributed by atoms with Crippen molar-refractivity contribution in [2.75, 3.05) is 26.3 Å². The van der Waals surface area contributed by atoms with Crippen molar-refractivity contribution in [3.05, 3.63) is 35.9 Å². The van der Waals surface area contributed by atoms with Crippen LogP contribution in [-0.2, 0) is 0 Å². The van der Waals surface area contributed by atoms with E-state index in [1.807, 2.05) is 30.3 Å². The summed E-state index contributed by atoms with van der Waals surface area (Å²) >= 11 is 0. The van der Waals surface area contributed by atoms with Gasteiger partial charge in [-0.15, -0.1) is 0 Å². The highest BCUT2D eigenvalue weighted by Crippen LogP contribution is 2.02. The fourth-order valence-corrected chi connectivity index (χ4v) is 1.61. The molecule has 0 spiro atoms. The zero-order valence-corrected chi connectivity index (χ0v) is 8.07. The minimum atomic E-state index is 0.203. The average molecular weight is 190 g/mol. The third kappa shape index (κ3) is 2.19. The summed E-state index contributed by atoms with van der Waals surface area (Å²) in [6, 6.07) is 9.46. The van der Waals surface area contributed by atoms with Crippen LogP contribution in [0.25, 0.3) is 0 Å². The molecule has 3 heteroatoms. The van der Waals surface area contributed by atoms with Crippen LogP contribution in [0.4, 0.5) is 0 Å². The van der Waals surface area contributed by atoms with Gasteiger partial charge in [0.2, 0.25) is 0 Å². The van der Waals surface area contributed by atoms with Gasteiger partial charge in [-0.05, 0) is 0 Å². The fraction of sp³-hybridized carbons (Fsp3) is 0.364. The van der Waals surface area contributed by atoms with Gasteiger partial charge in [-0.1, -0.05) is 30.3 Å². The number of hydrogen-bond donors (Lipinski definition) is 1. The van der Waals surface area contributed by atoms with E-state index in [0.717, 1.165) is 25.3 Å². The van der Waals surface area contributed by atoms with Crippen molar-refractivity contribution in [3.8, 4) is 0 Å². The molecule has 1 N–H and O–H groups in total. The first-order valence-corrected chi connectivity index (χ1v) is 4.87. The number of nitrogens with one attached hydrogen (secondary N) is 1. The highest BCUT2D eigenvalue weighted by Gasteiger charge is 2.15. The molecule has 1 aliphatic heterocycles. The van der Waals surface area contributed by atoms with E-state index in [2.05, 4.69) is 10.2 Å². The lowest BCUT2D eigenvalue weighted by atomic mass is 10.1. The van der Waals surface area contributed by atoms with Gasteiger partial charge in [0, 0.05) is 25.3 Å². The molecule has 0 atom stereocenters. The normalized spacial score (nSPS) is 17.1. The fourth-order valence-electron chi connectivity index (χ4n) is 1.61. The Bertz CT molecular complexity index is 304. The van der Waals surface area contributed by atoms with E-state index < -0.39 is 0 Å². The number of benzene rings is 1. The predicted molar refractivity (Wildman–Crippen MR) is 55.2 cm³/mol. The van der Waals surface area contributed by atoms with Crippen LogP contribution < -0.4 is 5.32 Å². The standard InChI is InChI=1S/C11H14N2O/c14-11(8-13-7-6-12-9-13)10-4-2-1-3-5-10/h1-5,12H,6-9H2. The molecule has 1 heterocycles. The number of rotatable bonds is 3. The molecule has 1 saturated heterocycles. The summed E-state index contributed by atoms with van der Waals surface area (Å²) in [7, 11) is 0. The van der Waals surface area contributed by atoms with Crippen LogP contribution in [0.5, 0.6) is 0 Å². The van der Waals surface area contributed by atoms with Crippen LogP contribution in [0.15, 0.2) is 30.3 Å². The maximum atomic E-state index is 11.7. The summed E-state index contributed by atoms with van der Waals surface area (Å²) < 4.78 is 0. The van der Waals surface area contributed by atoms with Gasteiger partial charge in [0.25, 0.3) is 0 Å². The Morgan fingerprint density at radius 1 is 1.36 bits per heavy atom. The number of ketones is 1. The van der Waals surface area contributed by atoms with Crippen LogP contribution in [0.2, 0.25) is 0 Å². The molecule has 0 aliphatic carbocycles. The lowest BCUT2D eigenvalue weighted by Crippen LogP contribution is -2.28. The average Bonchev–Trinajstić information content (AvgIpc) is 2.72. The topological polar surface area (TPSA) is 32.3 Å². The highest BCUT2D eigenvalue weighted by atomic mass is 16.1. The van der Waals surface area contributed by atoms with Gasteiger partial charge in [0.15, 0.2) is 5.78 Å².